The van der Waals surface area contributed by atoms with E-state index >= 15 is 0 Å². The van der Waals surface area contributed by atoms with Gasteiger partial charge in [-0.15, -0.1) is 0 Å². The highest BCUT2D eigenvalue weighted by molar-refractivity contribution is 7.90. The predicted molar refractivity (Wildman–Crippen MR) is 136 cm³/mol. The summed E-state index contributed by atoms with van der Waals surface area (Å²) in [7, 11) is -7.21. The molecule has 0 spiro atoms. The molecule has 204 valence electrons. The number of nitrogens with zero attached hydrogens (tertiary/aromatic N) is 2. The van der Waals surface area contributed by atoms with Crippen LogP contribution in [0.5, 0.6) is 5.75 Å². The fourth-order valence-corrected chi connectivity index (χ4v) is 7.78. The molecule has 0 aliphatic carbocycles. The van der Waals surface area contributed by atoms with E-state index < -0.39 is 43.3 Å². The molecule has 0 atom stereocenters. The minimum Gasteiger partial charge on any atom is -0.496 e. The molecule has 0 fully saturated rings. The number of carbonyl (C=O) groups is 1. The van der Waals surface area contributed by atoms with E-state index in [1.165, 1.54) is 36.4 Å². The lowest BCUT2D eigenvalue weighted by molar-refractivity contribution is -0.0886. The number of sulfonamides is 1. The number of hydrogen-bond donors (Lipinski definition) is 0. The summed E-state index contributed by atoms with van der Waals surface area (Å²) in [6.45, 7) is -0.386. The zero-order valence-corrected chi connectivity index (χ0v) is 22.0. The second-order valence-electron chi connectivity index (χ2n) is 8.81. The standard InChI is InChI=1S/C26H21F3N2O6S2/c1-37-24-15-23-19(14-20(24)25(32)26(27,28)29)21-16-30(38(33,34)17-8-4-2-5-9-17)13-12-22(21)31(23)39(35,36)18-10-6-3-7-11-18/h2-11,14-15H,12-13,16H2,1H3. The summed E-state index contributed by atoms with van der Waals surface area (Å²) in [6.07, 6.45) is -5.27. The SMILES string of the molecule is COc1cc2c(cc1C(=O)C(F)(F)F)c1c(n2S(=O)(=O)c2ccccc2)CCN(S(=O)(=O)c2ccccc2)C1. The molecule has 3 aromatic carbocycles. The van der Waals surface area contributed by atoms with Gasteiger partial charge in [-0.05, 0) is 35.9 Å². The third kappa shape index (κ3) is 4.49. The van der Waals surface area contributed by atoms with E-state index in [2.05, 4.69) is 0 Å². The van der Waals surface area contributed by atoms with Crippen molar-refractivity contribution in [1.82, 2.24) is 8.28 Å². The van der Waals surface area contributed by atoms with E-state index in [0.717, 1.165) is 27.5 Å². The molecule has 39 heavy (non-hydrogen) atoms. The molecule has 1 aliphatic rings. The lowest BCUT2D eigenvalue weighted by atomic mass is 10.0. The van der Waals surface area contributed by atoms with Gasteiger partial charge in [0.1, 0.15) is 5.75 Å². The monoisotopic (exact) mass is 578 g/mol. The minimum atomic E-state index is -5.22. The number of aromatic nitrogens is 1. The van der Waals surface area contributed by atoms with Crippen molar-refractivity contribution < 1.29 is 39.5 Å². The number of carbonyl (C=O) groups excluding carboxylic acids is 1. The van der Waals surface area contributed by atoms with Crippen LogP contribution in [0.1, 0.15) is 21.6 Å². The van der Waals surface area contributed by atoms with Gasteiger partial charge in [0.05, 0.1) is 28.0 Å². The number of Topliss-reactive ketones (excluding diaryl/α,β-unsaturated/α-hetero) is 1. The van der Waals surface area contributed by atoms with Gasteiger partial charge in [0.25, 0.3) is 15.8 Å². The molecular weight excluding hydrogens is 557 g/mol. The first-order chi connectivity index (χ1) is 18.4. The fourth-order valence-electron chi connectivity index (χ4n) is 4.74. The number of ether oxygens (including phenoxy) is 1. The van der Waals surface area contributed by atoms with E-state index in [0.29, 0.717) is 0 Å². The molecule has 1 aliphatic heterocycles. The first kappa shape index (κ1) is 26.9. The largest absolute Gasteiger partial charge is 0.496 e. The average Bonchev–Trinajstić information content (AvgIpc) is 3.25. The maximum Gasteiger partial charge on any atom is 0.455 e. The number of halogens is 3. The van der Waals surface area contributed by atoms with Gasteiger partial charge >= 0.3 is 6.18 Å². The molecule has 0 bridgehead atoms. The number of fused-ring (bicyclic) bond motifs is 3. The van der Waals surface area contributed by atoms with Gasteiger partial charge in [-0.2, -0.15) is 17.5 Å². The quantitative estimate of drug-likeness (QED) is 0.315. The highest BCUT2D eigenvalue weighted by Gasteiger charge is 2.42. The zero-order chi connectivity index (χ0) is 28.2. The molecule has 1 aromatic heterocycles. The predicted octanol–water partition coefficient (Wildman–Crippen LogP) is 4.38. The van der Waals surface area contributed by atoms with Crippen LogP contribution >= 0.6 is 0 Å². The first-order valence-corrected chi connectivity index (χ1v) is 14.5. The maximum atomic E-state index is 13.8. The minimum absolute atomic E-state index is 0.00543. The molecule has 0 amide bonds. The van der Waals surface area contributed by atoms with Gasteiger partial charge in [0.15, 0.2) is 0 Å². The van der Waals surface area contributed by atoms with Gasteiger partial charge in [-0.1, -0.05) is 36.4 Å². The summed E-state index contributed by atoms with van der Waals surface area (Å²) in [5.41, 5.74) is -0.433. The van der Waals surface area contributed by atoms with Crippen LogP contribution in [0.2, 0.25) is 0 Å². The molecule has 0 saturated heterocycles. The van der Waals surface area contributed by atoms with Gasteiger partial charge in [-0.25, -0.2) is 20.8 Å². The Morgan fingerprint density at radius 2 is 1.44 bits per heavy atom. The first-order valence-electron chi connectivity index (χ1n) is 11.6. The summed E-state index contributed by atoms with van der Waals surface area (Å²) in [6, 6.07) is 17.0. The van der Waals surface area contributed by atoms with Crippen molar-refractivity contribution in [2.75, 3.05) is 13.7 Å². The Bertz CT molecular complexity index is 1800. The zero-order valence-electron chi connectivity index (χ0n) is 20.3. The van der Waals surface area contributed by atoms with Crippen molar-refractivity contribution in [3.63, 3.8) is 0 Å². The van der Waals surface area contributed by atoms with Crippen molar-refractivity contribution in [3.05, 3.63) is 89.6 Å². The van der Waals surface area contributed by atoms with Gasteiger partial charge < -0.3 is 4.74 Å². The average molecular weight is 579 g/mol. The number of methoxy groups -OCH3 is 1. The second-order valence-corrected chi connectivity index (χ2v) is 12.5. The highest BCUT2D eigenvalue weighted by Crippen LogP contribution is 2.40. The van der Waals surface area contributed by atoms with Crippen LogP contribution in [0, 0.1) is 0 Å². The summed E-state index contributed by atoms with van der Waals surface area (Å²) in [5.74, 6) is -2.63. The smallest absolute Gasteiger partial charge is 0.455 e. The van der Waals surface area contributed by atoms with Crippen molar-refractivity contribution in [1.29, 1.82) is 0 Å². The summed E-state index contributed by atoms with van der Waals surface area (Å²) in [5, 5.41) is 0.00543. The second kappa shape index (κ2) is 9.50. The molecule has 13 heteroatoms. The summed E-state index contributed by atoms with van der Waals surface area (Å²) in [4.78, 5) is 12.2. The lowest BCUT2D eigenvalue weighted by Gasteiger charge is -2.27. The van der Waals surface area contributed by atoms with Gasteiger partial charge in [0.2, 0.25) is 10.0 Å². The van der Waals surface area contributed by atoms with E-state index in [-0.39, 0.29) is 51.5 Å². The van der Waals surface area contributed by atoms with Crippen LogP contribution in [0.25, 0.3) is 10.9 Å². The van der Waals surface area contributed by atoms with Crippen molar-refractivity contribution in [3.8, 4) is 5.75 Å². The Balaban J connectivity index is 1.78. The third-order valence-electron chi connectivity index (χ3n) is 6.55. The third-order valence-corrected chi connectivity index (χ3v) is 10.2. The van der Waals surface area contributed by atoms with Crippen LogP contribution in [0.3, 0.4) is 0 Å². The number of ketones is 1. The van der Waals surface area contributed by atoms with Crippen LogP contribution < -0.4 is 4.74 Å². The molecule has 0 N–H and O–H groups in total. The van der Waals surface area contributed by atoms with E-state index in [1.54, 1.807) is 24.3 Å². The molecule has 0 saturated carbocycles. The Kier molecular flexibility index (Phi) is 6.56. The van der Waals surface area contributed by atoms with Crippen LogP contribution in [-0.2, 0) is 33.0 Å². The number of rotatable bonds is 6. The van der Waals surface area contributed by atoms with Gasteiger partial charge in [0, 0.05) is 36.7 Å². The number of alkyl halides is 3. The summed E-state index contributed by atoms with van der Waals surface area (Å²) >= 11 is 0. The van der Waals surface area contributed by atoms with Crippen molar-refractivity contribution in [2.24, 2.45) is 0 Å². The Morgan fingerprint density at radius 3 is 1.97 bits per heavy atom. The highest BCUT2D eigenvalue weighted by atomic mass is 32.2. The van der Waals surface area contributed by atoms with Crippen LogP contribution in [-0.4, -0.2) is 50.7 Å². The summed E-state index contributed by atoms with van der Waals surface area (Å²) < 4.78 is 102. The van der Waals surface area contributed by atoms with Crippen LogP contribution in [0.4, 0.5) is 13.2 Å². The number of benzene rings is 3. The van der Waals surface area contributed by atoms with E-state index in [9.17, 15) is 34.8 Å². The molecule has 5 rings (SSSR count). The fraction of sp³-hybridized carbons (Fsp3) is 0.192. The number of hydrogen-bond acceptors (Lipinski definition) is 6. The molecular formula is C26H21F3N2O6S2. The molecule has 0 radical (unpaired) electrons. The van der Waals surface area contributed by atoms with Crippen molar-refractivity contribution >= 4 is 36.7 Å². The van der Waals surface area contributed by atoms with E-state index in [1.807, 2.05) is 0 Å². The molecule has 2 heterocycles. The normalized spacial score (nSPS) is 14.8. The van der Waals surface area contributed by atoms with E-state index in [4.69, 9.17) is 4.74 Å². The van der Waals surface area contributed by atoms with Crippen LogP contribution in [0.15, 0.2) is 82.6 Å². The molecule has 0 unspecified atom stereocenters. The maximum absolute atomic E-state index is 13.8. The Hall–Kier alpha value is -3.68. The Morgan fingerprint density at radius 1 is 0.872 bits per heavy atom. The van der Waals surface area contributed by atoms with Gasteiger partial charge in [-0.3, -0.25) is 4.79 Å². The Labute approximate surface area is 222 Å². The lowest BCUT2D eigenvalue weighted by Crippen LogP contribution is -2.36. The molecule has 8 nitrogen and oxygen atoms in total. The topological polar surface area (TPSA) is 103 Å². The molecule has 4 aromatic rings. The van der Waals surface area contributed by atoms with Crippen molar-refractivity contribution in [2.45, 2.75) is 28.9 Å².